The zero-order valence-corrected chi connectivity index (χ0v) is 13.2. The molecule has 0 aliphatic carbocycles. The molecule has 108 valence electrons. The van der Waals surface area contributed by atoms with E-state index in [9.17, 15) is 5.11 Å². The van der Waals surface area contributed by atoms with Gasteiger partial charge in [0.25, 0.3) is 0 Å². The maximum Gasteiger partial charge on any atom is 0.157 e. The van der Waals surface area contributed by atoms with Crippen LogP contribution in [0.3, 0.4) is 0 Å². The third-order valence-electron chi connectivity index (χ3n) is 4.73. The lowest BCUT2D eigenvalue weighted by atomic mass is 9.78. The Morgan fingerprint density at radius 3 is 2.06 bits per heavy atom. The quantitative estimate of drug-likeness (QED) is 0.786. The number of hydrogen-bond donors (Lipinski definition) is 1. The Bertz CT molecular complexity index is 258. The van der Waals surface area contributed by atoms with Crippen molar-refractivity contribution in [1.29, 1.82) is 0 Å². The number of rotatable bonds is 4. The van der Waals surface area contributed by atoms with Gasteiger partial charge in [-0.3, -0.25) is 4.90 Å². The van der Waals surface area contributed by atoms with Crippen molar-refractivity contribution in [2.45, 2.75) is 84.3 Å². The second-order valence-electron chi connectivity index (χ2n) is 7.13. The number of hydrogen-bond acceptors (Lipinski definition) is 3. The van der Waals surface area contributed by atoms with Crippen LogP contribution in [-0.4, -0.2) is 40.5 Å². The molecule has 0 bridgehead atoms. The van der Waals surface area contributed by atoms with Crippen LogP contribution < -0.4 is 0 Å². The fourth-order valence-corrected chi connectivity index (χ4v) is 2.91. The highest BCUT2D eigenvalue weighted by molar-refractivity contribution is 4.99. The van der Waals surface area contributed by atoms with Gasteiger partial charge in [-0.2, -0.15) is 0 Å². The largest absolute Gasteiger partial charge is 0.368 e. The molecule has 2 atom stereocenters. The first-order valence-corrected chi connectivity index (χ1v) is 7.17. The Morgan fingerprint density at radius 2 is 1.67 bits per heavy atom. The highest BCUT2D eigenvalue weighted by Gasteiger charge is 2.44. The molecule has 1 saturated heterocycles. The fraction of sp³-hybridized carbons (Fsp3) is 1.00. The maximum absolute atomic E-state index is 10.0. The molecule has 1 aliphatic rings. The molecule has 3 heteroatoms. The van der Waals surface area contributed by atoms with Gasteiger partial charge in [0.05, 0.1) is 6.10 Å². The van der Waals surface area contributed by atoms with Crippen LogP contribution in [0, 0.1) is 5.92 Å². The van der Waals surface area contributed by atoms with Crippen LogP contribution in [0.1, 0.15) is 60.8 Å². The highest BCUT2D eigenvalue weighted by Crippen LogP contribution is 2.38. The zero-order chi connectivity index (χ0) is 14.1. The van der Waals surface area contributed by atoms with E-state index in [1.807, 2.05) is 6.92 Å². The molecule has 0 aromatic carbocycles. The molecule has 1 rings (SSSR count). The molecule has 0 aromatic heterocycles. The summed E-state index contributed by atoms with van der Waals surface area (Å²) in [5.41, 5.74) is 0.225. The van der Waals surface area contributed by atoms with Gasteiger partial charge in [0, 0.05) is 17.0 Å². The molecule has 0 spiro atoms. The highest BCUT2D eigenvalue weighted by atomic mass is 16.6. The van der Waals surface area contributed by atoms with E-state index in [2.05, 4.69) is 46.6 Å². The second-order valence-corrected chi connectivity index (χ2v) is 7.13. The number of likely N-dealkylation sites (tertiary alicyclic amines) is 1. The van der Waals surface area contributed by atoms with Gasteiger partial charge >= 0.3 is 0 Å². The third-order valence-corrected chi connectivity index (χ3v) is 4.73. The number of nitrogens with zero attached hydrogens (tertiary/aromatic N) is 1. The van der Waals surface area contributed by atoms with Crippen molar-refractivity contribution >= 4 is 0 Å². The fourth-order valence-electron chi connectivity index (χ4n) is 2.91. The van der Waals surface area contributed by atoms with Crippen molar-refractivity contribution in [2.75, 3.05) is 7.05 Å². The van der Waals surface area contributed by atoms with Crippen LogP contribution in [0.25, 0.3) is 0 Å². The van der Waals surface area contributed by atoms with Gasteiger partial charge < -0.3 is 9.84 Å². The molecular formula is C15H31NO2. The number of aliphatic hydroxyl groups excluding tert-OH is 1. The van der Waals surface area contributed by atoms with E-state index < -0.39 is 6.29 Å². The summed E-state index contributed by atoms with van der Waals surface area (Å²) in [5.74, 6) is 0.205. The lowest BCUT2D eigenvalue weighted by Gasteiger charge is -2.53. The first-order chi connectivity index (χ1) is 8.10. The van der Waals surface area contributed by atoms with Crippen molar-refractivity contribution in [2.24, 2.45) is 5.92 Å². The first-order valence-electron chi connectivity index (χ1n) is 7.17. The van der Waals surface area contributed by atoms with Crippen LogP contribution in [0.2, 0.25) is 0 Å². The van der Waals surface area contributed by atoms with E-state index in [0.717, 1.165) is 19.3 Å². The predicted octanol–water partition coefficient (Wildman–Crippen LogP) is 3.02. The Hall–Kier alpha value is -0.120. The summed E-state index contributed by atoms with van der Waals surface area (Å²) in [6.45, 7) is 13.1. The van der Waals surface area contributed by atoms with E-state index in [4.69, 9.17) is 4.74 Å². The van der Waals surface area contributed by atoms with Crippen molar-refractivity contribution in [3.8, 4) is 0 Å². The minimum Gasteiger partial charge on any atom is -0.368 e. The molecule has 3 nitrogen and oxygen atoms in total. The van der Waals surface area contributed by atoms with Gasteiger partial charge in [0.2, 0.25) is 0 Å². The molecule has 18 heavy (non-hydrogen) atoms. The molecule has 1 N–H and O–H groups in total. The molecule has 0 aromatic rings. The summed E-state index contributed by atoms with van der Waals surface area (Å²) in [4.78, 5) is 2.43. The normalized spacial score (nSPS) is 28.0. The summed E-state index contributed by atoms with van der Waals surface area (Å²) in [6, 6.07) is 0. The van der Waals surface area contributed by atoms with E-state index in [1.165, 1.54) is 0 Å². The van der Waals surface area contributed by atoms with Crippen molar-refractivity contribution < 1.29 is 9.84 Å². The maximum atomic E-state index is 10.0. The lowest BCUT2D eigenvalue weighted by molar-refractivity contribution is -0.196. The molecule has 0 saturated carbocycles. The van der Waals surface area contributed by atoms with Gasteiger partial charge in [-0.05, 0) is 54.0 Å². The van der Waals surface area contributed by atoms with Crippen molar-refractivity contribution in [1.82, 2.24) is 4.90 Å². The molecule has 1 aliphatic heterocycles. The minimum atomic E-state index is -0.630. The smallest absolute Gasteiger partial charge is 0.157 e. The van der Waals surface area contributed by atoms with Gasteiger partial charge in [-0.1, -0.05) is 13.8 Å². The van der Waals surface area contributed by atoms with Gasteiger partial charge in [0.1, 0.15) is 0 Å². The Labute approximate surface area is 113 Å². The number of piperidine rings is 1. The average molecular weight is 257 g/mol. The molecule has 0 amide bonds. The summed E-state index contributed by atoms with van der Waals surface area (Å²) in [7, 11) is 2.18. The monoisotopic (exact) mass is 257 g/mol. The van der Waals surface area contributed by atoms with Crippen molar-refractivity contribution in [3.63, 3.8) is 0 Å². The van der Waals surface area contributed by atoms with Crippen LogP contribution in [0.15, 0.2) is 0 Å². The number of ether oxygens (including phenoxy) is 1. The van der Waals surface area contributed by atoms with Crippen LogP contribution >= 0.6 is 0 Å². The van der Waals surface area contributed by atoms with Crippen molar-refractivity contribution in [3.05, 3.63) is 0 Å². The first kappa shape index (κ1) is 15.9. The van der Waals surface area contributed by atoms with Gasteiger partial charge in [-0.25, -0.2) is 0 Å². The molecule has 2 unspecified atom stereocenters. The van der Waals surface area contributed by atoms with E-state index >= 15 is 0 Å². The SMILES string of the molecule is CCC(C)C(O)OC1CC(C)(C)N(C)C(C)(C)C1. The van der Waals surface area contributed by atoms with Crippen LogP contribution in [0.4, 0.5) is 0 Å². The van der Waals surface area contributed by atoms with Gasteiger partial charge in [0.15, 0.2) is 6.29 Å². The summed E-state index contributed by atoms with van der Waals surface area (Å²) in [5, 5.41) is 10.0. The Balaban J connectivity index is 2.69. The Morgan fingerprint density at radius 1 is 1.22 bits per heavy atom. The molecular weight excluding hydrogens is 226 g/mol. The second kappa shape index (κ2) is 5.48. The predicted molar refractivity (Wildman–Crippen MR) is 75.5 cm³/mol. The molecule has 0 radical (unpaired) electrons. The minimum absolute atomic E-state index is 0.113. The lowest BCUT2D eigenvalue weighted by Crippen LogP contribution is -2.60. The van der Waals surface area contributed by atoms with E-state index in [-0.39, 0.29) is 23.1 Å². The average Bonchev–Trinajstić information content (AvgIpc) is 2.23. The van der Waals surface area contributed by atoms with E-state index in [0.29, 0.717) is 0 Å². The van der Waals surface area contributed by atoms with Crippen LogP contribution in [-0.2, 0) is 4.74 Å². The van der Waals surface area contributed by atoms with E-state index in [1.54, 1.807) is 0 Å². The van der Waals surface area contributed by atoms with Crippen LogP contribution in [0.5, 0.6) is 0 Å². The van der Waals surface area contributed by atoms with Gasteiger partial charge in [-0.15, -0.1) is 0 Å². The third kappa shape index (κ3) is 3.46. The molecule has 1 fully saturated rings. The molecule has 1 heterocycles. The zero-order valence-electron chi connectivity index (χ0n) is 13.2. The standard InChI is InChI=1S/C15H31NO2/c1-8-11(2)13(17)18-12-9-14(3,4)16(7)15(5,6)10-12/h11-13,17H,8-10H2,1-7H3. The Kier molecular flexibility index (Phi) is 4.85. The number of aliphatic hydroxyl groups is 1. The topological polar surface area (TPSA) is 32.7 Å². The summed E-state index contributed by atoms with van der Waals surface area (Å²) >= 11 is 0. The summed E-state index contributed by atoms with van der Waals surface area (Å²) < 4.78 is 5.89. The summed E-state index contributed by atoms with van der Waals surface area (Å²) in [6.07, 6.45) is 2.41.